The summed E-state index contributed by atoms with van der Waals surface area (Å²) in [7, 11) is 1.40. The monoisotopic (exact) mass is 233 g/mol. The molecule has 1 heterocycles. The number of aromatic carboxylic acids is 1. The molecule has 5 heteroatoms. The number of rotatable bonds is 2. The Labute approximate surface area is 96.9 Å². The van der Waals surface area contributed by atoms with Crippen LogP contribution in [-0.2, 0) is 7.05 Å². The van der Waals surface area contributed by atoms with E-state index in [9.17, 15) is 9.59 Å². The Bertz CT molecular complexity index is 636. The van der Waals surface area contributed by atoms with E-state index in [0.717, 1.165) is 10.3 Å². The SMILES string of the molecule is Cc1ccccc1-c1c(C(=O)O)n(C)oc1=O. The molecule has 1 N–H and O–H groups in total. The fourth-order valence-corrected chi connectivity index (χ4v) is 1.80. The number of nitrogens with zero attached hydrogens (tertiary/aromatic N) is 1. The summed E-state index contributed by atoms with van der Waals surface area (Å²) in [5, 5.41) is 9.09. The summed E-state index contributed by atoms with van der Waals surface area (Å²) < 4.78 is 5.78. The highest BCUT2D eigenvalue weighted by atomic mass is 16.5. The molecule has 17 heavy (non-hydrogen) atoms. The van der Waals surface area contributed by atoms with Gasteiger partial charge in [0.05, 0.1) is 0 Å². The van der Waals surface area contributed by atoms with Gasteiger partial charge in [-0.15, -0.1) is 0 Å². The molecule has 2 aromatic rings. The highest BCUT2D eigenvalue weighted by Crippen LogP contribution is 2.23. The van der Waals surface area contributed by atoms with Crippen molar-refractivity contribution in [2.75, 3.05) is 0 Å². The van der Waals surface area contributed by atoms with Gasteiger partial charge in [0.1, 0.15) is 5.56 Å². The van der Waals surface area contributed by atoms with E-state index in [1.807, 2.05) is 19.1 Å². The van der Waals surface area contributed by atoms with Gasteiger partial charge in [0.25, 0.3) is 0 Å². The van der Waals surface area contributed by atoms with Gasteiger partial charge in [0.15, 0.2) is 5.69 Å². The van der Waals surface area contributed by atoms with Crippen LogP contribution in [0.4, 0.5) is 0 Å². The van der Waals surface area contributed by atoms with Crippen molar-refractivity contribution >= 4 is 5.97 Å². The summed E-state index contributed by atoms with van der Waals surface area (Å²) in [6.07, 6.45) is 0. The number of benzene rings is 1. The van der Waals surface area contributed by atoms with E-state index in [4.69, 9.17) is 9.63 Å². The number of carboxylic acid groups (broad SMARTS) is 1. The van der Waals surface area contributed by atoms with Crippen LogP contribution >= 0.6 is 0 Å². The number of carboxylic acids is 1. The van der Waals surface area contributed by atoms with Crippen molar-refractivity contribution in [2.45, 2.75) is 6.92 Å². The Morgan fingerprint density at radius 2 is 2.00 bits per heavy atom. The van der Waals surface area contributed by atoms with Crippen LogP contribution in [0.1, 0.15) is 16.1 Å². The van der Waals surface area contributed by atoms with E-state index >= 15 is 0 Å². The number of hydrogen-bond donors (Lipinski definition) is 1. The first-order chi connectivity index (χ1) is 8.02. The molecule has 0 saturated heterocycles. The molecule has 2 rings (SSSR count). The summed E-state index contributed by atoms with van der Waals surface area (Å²) in [5.74, 6) is -1.18. The van der Waals surface area contributed by atoms with Gasteiger partial charge < -0.3 is 9.63 Å². The van der Waals surface area contributed by atoms with Crippen LogP contribution in [-0.4, -0.2) is 15.8 Å². The zero-order valence-corrected chi connectivity index (χ0v) is 9.43. The van der Waals surface area contributed by atoms with Gasteiger partial charge in [-0.3, -0.25) is 0 Å². The molecule has 1 aromatic heterocycles. The molecule has 88 valence electrons. The Morgan fingerprint density at radius 3 is 2.59 bits per heavy atom. The molecule has 0 spiro atoms. The molecular formula is C12H11NO4. The largest absolute Gasteiger partial charge is 0.476 e. The van der Waals surface area contributed by atoms with E-state index in [-0.39, 0.29) is 11.3 Å². The first-order valence-electron chi connectivity index (χ1n) is 5.02. The predicted molar refractivity (Wildman–Crippen MR) is 61.1 cm³/mol. The second kappa shape index (κ2) is 3.93. The first kappa shape index (κ1) is 11.2. The number of aryl methyl sites for hydroxylation is 2. The number of carbonyl (C=O) groups is 1. The van der Waals surface area contributed by atoms with Crippen LogP contribution in [0.5, 0.6) is 0 Å². The molecule has 1 aromatic carbocycles. The Morgan fingerprint density at radius 1 is 1.35 bits per heavy atom. The molecule has 5 nitrogen and oxygen atoms in total. The number of hydrogen-bond acceptors (Lipinski definition) is 3. The molecule has 0 amide bonds. The molecule has 0 aliphatic heterocycles. The lowest BCUT2D eigenvalue weighted by atomic mass is 10.0. The third kappa shape index (κ3) is 1.75. The molecule has 0 bridgehead atoms. The minimum atomic E-state index is -1.18. The molecule has 0 atom stereocenters. The van der Waals surface area contributed by atoms with Gasteiger partial charge >= 0.3 is 11.6 Å². The molecule has 0 fully saturated rings. The van der Waals surface area contributed by atoms with Crippen molar-refractivity contribution in [3.05, 3.63) is 45.9 Å². The van der Waals surface area contributed by atoms with Gasteiger partial charge in [0, 0.05) is 7.05 Å². The molecule has 0 aliphatic carbocycles. The molecular weight excluding hydrogens is 222 g/mol. The highest BCUT2D eigenvalue weighted by molar-refractivity contribution is 5.94. The Balaban J connectivity index is 2.81. The van der Waals surface area contributed by atoms with Crippen LogP contribution < -0.4 is 5.63 Å². The van der Waals surface area contributed by atoms with Crippen LogP contribution in [0.15, 0.2) is 33.6 Å². The van der Waals surface area contributed by atoms with Gasteiger partial charge in [-0.1, -0.05) is 24.3 Å². The zero-order chi connectivity index (χ0) is 12.6. The maximum atomic E-state index is 11.7. The van der Waals surface area contributed by atoms with E-state index in [0.29, 0.717) is 5.56 Å². The van der Waals surface area contributed by atoms with Crippen molar-refractivity contribution in [2.24, 2.45) is 7.05 Å². The summed E-state index contributed by atoms with van der Waals surface area (Å²) >= 11 is 0. The van der Waals surface area contributed by atoms with E-state index in [2.05, 4.69) is 0 Å². The van der Waals surface area contributed by atoms with Gasteiger partial charge in [-0.2, -0.15) is 0 Å². The van der Waals surface area contributed by atoms with E-state index in [1.165, 1.54) is 7.05 Å². The third-order valence-corrected chi connectivity index (χ3v) is 2.59. The van der Waals surface area contributed by atoms with E-state index in [1.54, 1.807) is 12.1 Å². The summed E-state index contributed by atoms with van der Waals surface area (Å²) in [6, 6.07) is 7.09. The predicted octanol–water partition coefficient (Wildman–Crippen LogP) is 1.65. The first-order valence-corrected chi connectivity index (χ1v) is 5.02. The zero-order valence-electron chi connectivity index (χ0n) is 9.43. The second-order valence-electron chi connectivity index (χ2n) is 3.72. The Kier molecular flexibility index (Phi) is 2.59. The minimum absolute atomic E-state index is 0.0955. The van der Waals surface area contributed by atoms with Crippen LogP contribution in [0, 0.1) is 6.92 Å². The minimum Gasteiger partial charge on any atom is -0.476 e. The Hall–Kier alpha value is -2.30. The van der Waals surface area contributed by atoms with Gasteiger partial charge in [-0.05, 0) is 18.1 Å². The fraction of sp³-hybridized carbons (Fsp3) is 0.167. The highest BCUT2D eigenvalue weighted by Gasteiger charge is 2.23. The maximum Gasteiger partial charge on any atom is 0.366 e. The van der Waals surface area contributed by atoms with Crippen molar-refractivity contribution in [3.63, 3.8) is 0 Å². The normalized spacial score (nSPS) is 10.5. The molecule has 0 saturated carbocycles. The summed E-state index contributed by atoms with van der Waals surface area (Å²) in [4.78, 5) is 22.8. The van der Waals surface area contributed by atoms with Gasteiger partial charge in [0.2, 0.25) is 0 Å². The second-order valence-corrected chi connectivity index (χ2v) is 3.72. The van der Waals surface area contributed by atoms with Crippen LogP contribution in [0.3, 0.4) is 0 Å². The smallest absolute Gasteiger partial charge is 0.366 e. The van der Waals surface area contributed by atoms with Crippen LogP contribution in [0.25, 0.3) is 11.1 Å². The van der Waals surface area contributed by atoms with Crippen molar-refractivity contribution < 1.29 is 14.4 Å². The lowest BCUT2D eigenvalue weighted by molar-refractivity contribution is 0.0673. The quantitative estimate of drug-likeness (QED) is 0.856. The average molecular weight is 233 g/mol. The summed E-state index contributed by atoms with van der Waals surface area (Å²) in [6.45, 7) is 1.81. The average Bonchev–Trinajstić information content (AvgIpc) is 2.54. The fourth-order valence-electron chi connectivity index (χ4n) is 1.80. The lowest BCUT2D eigenvalue weighted by Crippen LogP contribution is -2.07. The third-order valence-electron chi connectivity index (χ3n) is 2.59. The number of aromatic nitrogens is 1. The van der Waals surface area contributed by atoms with Crippen molar-refractivity contribution in [3.8, 4) is 11.1 Å². The lowest BCUT2D eigenvalue weighted by Gasteiger charge is -2.02. The summed E-state index contributed by atoms with van der Waals surface area (Å²) in [5.41, 5.74) is 0.731. The molecule has 0 unspecified atom stereocenters. The van der Waals surface area contributed by atoms with Crippen molar-refractivity contribution in [1.29, 1.82) is 0 Å². The standard InChI is InChI=1S/C12H11NO4/c1-7-5-3-4-6-8(7)9-10(11(14)15)13(2)17-12(9)16/h3-6H,1-2H3,(H,14,15). The maximum absolute atomic E-state index is 11.7. The van der Waals surface area contributed by atoms with Crippen LogP contribution in [0.2, 0.25) is 0 Å². The topological polar surface area (TPSA) is 72.4 Å². The van der Waals surface area contributed by atoms with Crippen molar-refractivity contribution in [1.82, 2.24) is 4.74 Å². The van der Waals surface area contributed by atoms with E-state index < -0.39 is 11.6 Å². The molecule has 0 aliphatic rings. The molecule has 0 radical (unpaired) electrons. The van der Waals surface area contributed by atoms with Gasteiger partial charge in [-0.25, -0.2) is 14.3 Å².